The average molecular weight is 194 g/mol. The largest absolute Gasteiger partial charge is 0.394 e. The van der Waals surface area contributed by atoms with E-state index in [4.69, 9.17) is 16.1 Å². The molecule has 0 saturated heterocycles. The smallest absolute Gasteiger partial charge is 0.141 e. The van der Waals surface area contributed by atoms with Crippen molar-refractivity contribution >= 4 is 0 Å². The van der Waals surface area contributed by atoms with Gasteiger partial charge >= 0.3 is 0 Å². The lowest BCUT2D eigenvalue weighted by Gasteiger charge is -2.23. The predicted molar refractivity (Wildman–Crippen MR) is 49.7 cm³/mol. The van der Waals surface area contributed by atoms with Crippen molar-refractivity contribution in [2.45, 2.75) is 12.5 Å². The highest BCUT2D eigenvalue weighted by atomic mass is 19.1. The van der Waals surface area contributed by atoms with Gasteiger partial charge in [0.2, 0.25) is 0 Å². The van der Waals surface area contributed by atoms with Gasteiger partial charge in [-0.2, -0.15) is 5.26 Å². The maximum absolute atomic E-state index is 13.2. The van der Waals surface area contributed by atoms with Crippen LogP contribution in [0.2, 0.25) is 0 Å². The Morgan fingerprint density at radius 2 is 2.29 bits per heavy atom. The molecular formula is C10H11FN2O. The molecule has 1 aromatic rings. The number of rotatable bonds is 2. The van der Waals surface area contributed by atoms with Crippen LogP contribution >= 0.6 is 0 Å². The first kappa shape index (κ1) is 10.6. The molecule has 0 fully saturated rings. The topological polar surface area (TPSA) is 70.0 Å². The van der Waals surface area contributed by atoms with Crippen LogP contribution in [-0.4, -0.2) is 11.7 Å². The van der Waals surface area contributed by atoms with Crippen molar-refractivity contribution in [3.8, 4) is 6.07 Å². The zero-order valence-electron chi connectivity index (χ0n) is 7.79. The second-order valence-electron chi connectivity index (χ2n) is 3.35. The van der Waals surface area contributed by atoms with Gasteiger partial charge in [-0.1, -0.05) is 12.1 Å². The van der Waals surface area contributed by atoms with E-state index >= 15 is 0 Å². The van der Waals surface area contributed by atoms with E-state index < -0.39 is 11.4 Å². The normalized spacial score (nSPS) is 14.5. The molecule has 0 aromatic heterocycles. The number of nitriles is 1. The summed E-state index contributed by atoms with van der Waals surface area (Å²) in [7, 11) is 0. The molecule has 3 nitrogen and oxygen atoms in total. The third-order valence-corrected chi connectivity index (χ3v) is 2.07. The number of aliphatic hydroxyl groups is 1. The highest BCUT2D eigenvalue weighted by Crippen LogP contribution is 2.22. The summed E-state index contributed by atoms with van der Waals surface area (Å²) in [5, 5.41) is 17.7. The van der Waals surface area contributed by atoms with Crippen molar-refractivity contribution in [1.82, 2.24) is 0 Å². The number of benzene rings is 1. The van der Waals surface area contributed by atoms with Gasteiger partial charge in [-0.05, 0) is 18.6 Å². The maximum Gasteiger partial charge on any atom is 0.141 e. The van der Waals surface area contributed by atoms with E-state index in [0.717, 1.165) is 0 Å². The molecule has 0 spiro atoms. The van der Waals surface area contributed by atoms with Crippen molar-refractivity contribution in [3.63, 3.8) is 0 Å². The molecule has 0 radical (unpaired) electrons. The fourth-order valence-electron chi connectivity index (χ4n) is 1.20. The summed E-state index contributed by atoms with van der Waals surface area (Å²) in [4.78, 5) is 0. The molecule has 0 amide bonds. The number of hydrogen-bond donors (Lipinski definition) is 2. The minimum Gasteiger partial charge on any atom is -0.394 e. The molecular weight excluding hydrogens is 183 g/mol. The van der Waals surface area contributed by atoms with Crippen molar-refractivity contribution in [3.05, 3.63) is 35.1 Å². The van der Waals surface area contributed by atoms with Gasteiger partial charge in [-0.3, -0.25) is 0 Å². The van der Waals surface area contributed by atoms with Crippen molar-refractivity contribution in [2.24, 2.45) is 5.73 Å². The Kier molecular flexibility index (Phi) is 2.84. The zero-order chi connectivity index (χ0) is 10.8. The van der Waals surface area contributed by atoms with Crippen molar-refractivity contribution in [1.29, 1.82) is 5.26 Å². The molecule has 0 bridgehead atoms. The molecule has 0 aliphatic heterocycles. The van der Waals surface area contributed by atoms with E-state index in [0.29, 0.717) is 5.56 Å². The number of halogens is 1. The number of hydrogen-bond acceptors (Lipinski definition) is 3. The molecule has 4 heteroatoms. The summed E-state index contributed by atoms with van der Waals surface area (Å²) in [5.74, 6) is -0.616. The monoisotopic (exact) mass is 194 g/mol. The molecule has 0 aliphatic rings. The molecule has 1 aromatic carbocycles. The van der Waals surface area contributed by atoms with E-state index in [2.05, 4.69) is 0 Å². The van der Waals surface area contributed by atoms with E-state index in [-0.39, 0.29) is 12.2 Å². The van der Waals surface area contributed by atoms with Gasteiger partial charge < -0.3 is 10.8 Å². The minimum atomic E-state index is -1.09. The molecule has 14 heavy (non-hydrogen) atoms. The predicted octanol–water partition coefficient (Wildman–Crippen LogP) is 0.864. The lowest BCUT2D eigenvalue weighted by atomic mass is 9.90. The number of aliphatic hydroxyl groups excluding tert-OH is 1. The molecule has 3 N–H and O–H groups in total. The Morgan fingerprint density at radius 1 is 1.64 bits per heavy atom. The Bertz CT molecular complexity index is 382. The fourth-order valence-corrected chi connectivity index (χ4v) is 1.20. The maximum atomic E-state index is 13.2. The molecule has 74 valence electrons. The summed E-state index contributed by atoms with van der Waals surface area (Å²) in [6.45, 7) is 1.20. The molecule has 1 unspecified atom stereocenters. The molecule has 1 atom stereocenters. The van der Waals surface area contributed by atoms with E-state index in [9.17, 15) is 4.39 Å². The second kappa shape index (κ2) is 3.74. The zero-order valence-corrected chi connectivity index (χ0v) is 7.79. The second-order valence-corrected chi connectivity index (χ2v) is 3.35. The van der Waals surface area contributed by atoms with E-state index in [1.807, 2.05) is 0 Å². The lowest BCUT2D eigenvalue weighted by Crippen LogP contribution is -2.37. The van der Waals surface area contributed by atoms with Crippen molar-refractivity contribution < 1.29 is 9.50 Å². The molecule has 1 rings (SSSR count). The van der Waals surface area contributed by atoms with Gasteiger partial charge in [0.1, 0.15) is 11.9 Å². The SMILES string of the molecule is CC(N)(CO)c1cccc(F)c1C#N. The van der Waals surface area contributed by atoms with Gasteiger partial charge in [0.25, 0.3) is 0 Å². The van der Waals surface area contributed by atoms with Gasteiger partial charge in [-0.25, -0.2) is 4.39 Å². The first-order valence-corrected chi connectivity index (χ1v) is 4.12. The third-order valence-electron chi connectivity index (χ3n) is 2.07. The summed E-state index contributed by atoms with van der Waals surface area (Å²) in [6, 6.07) is 5.93. The Labute approximate surface area is 81.6 Å². The van der Waals surface area contributed by atoms with Crippen LogP contribution in [0, 0.1) is 17.1 Å². The van der Waals surface area contributed by atoms with Crippen LogP contribution in [0.5, 0.6) is 0 Å². The van der Waals surface area contributed by atoms with Gasteiger partial charge in [0.15, 0.2) is 0 Å². The minimum absolute atomic E-state index is 0.105. The van der Waals surface area contributed by atoms with Gasteiger partial charge in [0, 0.05) is 0 Å². The molecule has 0 saturated carbocycles. The number of nitrogens with two attached hydrogens (primary N) is 1. The van der Waals surface area contributed by atoms with Crippen LogP contribution in [0.25, 0.3) is 0 Å². The average Bonchev–Trinajstić information content (AvgIpc) is 2.17. The Balaban J connectivity index is 3.36. The fraction of sp³-hybridized carbons (Fsp3) is 0.300. The molecule has 0 heterocycles. The van der Waals surface area contributed by atoms with Crippen LogP contribution < -0.4 is 5.73 Å². The van der Waals surface area contributed by atoms with Crippen LogP contribution in [-0.2, 0) is 5.54 Å². The lowest BCUT2D eigenvalue weighted by molar-refractivity contribution is 0.209. The highest BCUT2D eigenvalue weighted by Gasteiger charge is 2.24. The van der Waals surface area contributed by atoms with E-state index in [1.54, 1.807) is 13.0 Å². The highest BCUT2D eigenvalue weighted by molar-refractivity contribution is 5.42. The summed E-state index contributed by atoms with van der Waals surface area (Å²) >= 11 is 0. The quantitative estimate of drug-likeness (QED) is 0.733. The van der Waals surface area contributed by atoms with Crippen molar-refractivity contribution in [2.75, 3.05) is 6.61 Å². The van der Waals surface area contributed by atoms with Gasteiger partial charge in [0.05, 0.1) is 17.7 Å². The Hall–Kier alpha value is -1.44. The molecule has 0 aliphatic carbocycles. The standard InChI is InChI=1S/C10H11FN2O/c1-10(13,6-14)8-3-2-4-9(11)7(8)5-12/h2-4,14H,6,13H2,1H3. The summed E-state index contributed by atoms with van der Waals surface area (Å²) < 4.78 is 13.2. The first-order valence-electron chi connectivity index (χ1n) is 4.12. The number of nitrogens with zero attached hydrogens (tertiary/aromatic N) is 1. The van der Waals surface area contributed by atoms with Crippen LogP contribution in [0.3, 0.4) is 0 Å². The van der Waals surface area contributed by atoms with Crippen LogP contribution in [0.4, 0.5) is 4.39 Å². The first-order chi connectivity index (χ1) is 6.53. The third kappa shape index (κ3) is 1.74. The summed E-state index contributed by atoms with van der Waals surface area (Å²) in [6.07, 6.45) is 0. The Morgan fingerprint density at radius 3 is 2.79 bits per heavy atom. The van der Waals surface area contributed by atoms with E-state index in [1.165, 1.54) is 18.2 Å². The summed E-state index contributed by atoms with van der Waals surface area (Å²) in [5.41, 5.74) is 4.84. The van der Waals surface area contributed by atoms with Gasteiger partial charge in [-0.15, -0.1) is 0 Å². The van der Waals surface area contributed by atoms with Crippen LogP contribution in [0.1, 0.15) is 18.1 Å². The van der Waals surface area contributed by atoms with Crippen LogP contribution in [0.15, 0.2) is 18.2 Å².